The third-order valence-corrected chi connectivity index (χ3v) is 11.0. The number of H-pyrrole nitrogens is 2. The summed E-state index contributed by atoms with van der Waals surface area (Å²) in [6, 6.07) is 19.6. The number of fused-ring (bicyclic) bond motifs is 8. The Morgan fingerprint density at radius 1 is 0.911 bits per heavy atom. The van der Waals surface area contributed by atoms with Crippen LogP contribution in [0.15, 0.2) is 48.5 Å². The fourth-order valence-electron chi connectivity index (χ4n) is 8.60. The lowest BCUT2D eigenvalue weighted by Gasteiger charge is -2.29. The summed E-state index contributed by atoms with van der Waals surface area (Å²) in [7, 11) is 0. The Kier molecular flexibility index (Phi) is 5.20. The maximum Gasteiger partial charge on any atom is 0.411 e. The molecule has 3 aromatic carbocycles. The van der Waals surface area contributed by atoms with Crippen LogP contribution in [0.25, 0.3) is 44.2 Å². The molecular weight excluding hydrogens is 560 g/mol. The van der Waals surface area contributed by atoms with Gasteiger partial charge in [0.15, 0.2) is 5.82 Å². The van der Waals surface area contributed by atoms with Gasteiger partial charge in [-0.2, -0.15) is 0 Å². The van der Waals surface area contributed by atoms with Gasteiger partial charge in [0, 0.05) is 41.4 Å². The number of nitrogens with two attached hydrogens (primary N) is 1. The van der Waals surface area contributed by atoms with E-state index in [2.05, 4.69) is 63.8 Å². The van der Waals surface area contributed by atoms with E-state index < -0.39 is 5.60 Å². The van der Waals surface area contributed by atoms with E-state index in [4.69, 9.17) is 14.7 Å². The number of benzene rings is 3. The van der Waals surface area contributed by atoms with E-state index in [-0.39, 0.29) is 18.2 Å². The number of carbonyl (C=O) groups is 1. The number of rotatable bonds is 3. The average molecular weight is 600 g/mol. The van der Waals surface area contributed by atoms with Gasteiger partial charge in [0.05, 0.1) is 28.8 Å². The normalized spacial score (nSPS) is 27.8. The summed E-state index contributed by atoms with van der Waals surface area (Å²) in [5.41, 5.74) is 8.88. The van der Waals surface area contributed by atoms with Crippen molar-refractivity contribution in [2.75, 3.05) is 0 Å². The SMILES string of the molecule is CC(C)(C)OC(=O)N1C(c2nc3c([nH]2)CCc2cc(-c4ccc5c(ccc6[nH]c(C7CC8CC8[NH2+]7)nc65)c4)ccc2-3)CC2CC21. The van der Waals surface area contributed by atoms with E-state index in [1.807, 2.05) is 25.7 Å². The van der Waals surface area contributed by atoms with Gasteiger partial charge >= 0.3 is 6.09 Å². The molecule has 10 rings (SSSR count). The molecule has 1 amide bonds. The summed E-state index contributed by atoms with van der Waals surface area (Å²) in [5, 5.41) is 4.94. The minimum atomic E-state index is -0.512. The quantitative estimate of drug-likeness (QED) is 0.225. The summed E-state index contributed by atoms with van der Waals surface area (Å²) in [6.45, 7) is 5.79. The maximum atomic E-state index is 13.2. The van der Waals surface area contributed by atoms with Gasteiger partial charge in [0.2, 0.25) is 0 Å². The molecule has 8 nitrogen and oxygen atoms in total. The predicted octanol–water partition coefficient (Wildman–Crippen LogP) is 6.34. The monoisotopic (exact) mass is 599 g/mol. The van der Waals surface area contributed by atoms with E-state index in [1.165, 1.54) is 51.6 Å². The number of imidazole rings is 2. The van der Waals surface area contributed by atoms with Gasteiger partial charge < -0.3 is 20.0 Å². The molecule has 3 aliphatic carbocycles. The molecule has 45 heavy (non-hydrogen) atoms. The molecule has 2 saturated carbocycles. The summed E-state index contributed by atoms with van der Waals surface area (Å²) < 4.78 is 5.80. The highest BCUT2D eigenvalue weighted by atomic mass is 16.6. The smallest absolute Gasteiger partial charge is 0.411 e. The van der Waals surface area contributed by atoms with Crippen molar-refractivity contribution in [3.8, 4) is 22.4 Å². The highest BCUT2D eigenvalue weighted by molar-refractivity contribution is 6.05. The number of aromatic amines is 2. The number of hydrogen-bond acceptors (Lipinski definition) is 4. The summed E-state index contributed by atoms with van der Waals surface area (Å²) in [4.78, 5) is 32.6. The van der Waals surface area contributed by atoms with Crippen LogP contribution >= 0.6 is 0 Å². The molecule has 8 heteroatoms. The Balaban J connectivity index is 0.940. The molecule has 4 N–H and O–H groups in total. The van der Waals surface area contributed by atoms with Crippen LogP contribution in [0.5, 0.6) is 0 Å². The molecule has 4 heterocycles. The summed E-state index contributed by atoms with van der Waals surface area (Å²) >= 11 is 0. The lowest BCUT2D eigenvalue weighted by Crippen LogP contribution is -2.84. The topological polar surface area (TPSA) is 104 Å². The van der Waals surface area contributed by atoms with E-state index in [9.17, 15) is 4.79 Å². The first-order valence-electron chi connectivity index (χ1n) is 16.8. The van der Waals surface area contributed by atoms with E-state index in [0.717, 1.165) is 66.0 Å². The second-order valence-corrected chi connectivity index (χ2v) is 15.2. The molecule has 2 aromatic heterocycles. The molecule has 4 fully saturated rings. The van der Waals surface area contributed by atoms with Gasteiger partial charge in [-0.05, 0) is 86.6 Å². The third-order valence-electron chi connectivity index (χ3n) is 11.0. The van der Waals surface area contributed by atoms with E-state index >= 15 is 0 Å². The first kappa shape index (κ1) is 26.1. The second kappa shape index (κ2) is 8.97. The van der Waals surface area contributed by atoms with Crippen molar-refractivity contribution in [1.29, 1.82) is 0 Å². The number of quaternary nitrogens is 1. The molecule has 6 atom stereocenters. The van der Waals surface area contributed by atoms with Crippen LogP contribution in [0.4, 0.5) is 4.79 Å². The Morgan fingerprint density at radius 2 is 1.78 bits per heavy atom. The summed E-state index contributed by atoms with van der Waals surface area (Å²) in [5.74, 6) is 3.49. The van der Waals surface area contributed by atoms with Gasteiger partial charge in [0.25, 0.3) is 0 Å². The predicted molar refractivity (Wildman–Crippen MR) is 173 cm³/mol. The minimum Gasteiger partial charge on any atom is -0.444 e. The largest absolute Gasteiger partial charge is 0.444 e. The van der Waals surface area contributed by atoms with Crippen molar-refractivity contribution in [2.45, 2.75) is 89.1 Å². The van der Waals surface area contributed by atoms with Crippen LogP contribution in [0.2, 0.25) is 0 Å². The van der Waals surface area contributed by atoms with Crippen molar-refractivity contribution in [2.24, 2.45) is 11.8 Å². The molecule has 0 radical (unpaired) electrons. The molecule has 6 unspecified atom stereocenters. The molecule has 228 valence electrons. The highest BCUT2D eigenvalue weighted by Gasteiger charge is 2.56. The zero-order valence-corrected chi connectivity index (χ0v) is 26.1. The van der Waals surface area contributed by atoms with Crippen molar-refractivity contribution in [3.05, 3.63) is 71.4 Å². The number of hydrogen-bond donors (Lipinski definition) is 3. The van der Waals surface area contributed by atoms with Crippen LogP contribution in [-0.4, -0.2) is 48.6 Å². The number of piperidine rings is 2. The molecule has 0 spiro atoms. The lowest BCUT2D eigenvalue weighted by molar-refractivity contribution is -0.696. The number of carbonyl (C=O) groups excluding carboxylic acids is 1. The number of aromatic nitrogens is 4. The number of aryl methyl sites for hydroxylation is 2. The number of likely N-dealkylation sites (tertiary alicyclic amines) is 1. The Morgan fingerprint density at radius 3 is 2.62 bits per heavy atom. The Labute approximate surface area is 262 Å². The average Bonchev–Trinajstić information content (AvgIpc) is 3.63. The molecule has 2 saturated heterocycles. The second-order valence-electron chi connectivity index (χ2n) is 15.2. The van der Waals surface area contributed by atoms with Gasteiger partial charge in [-0.3, -0.25) is 4.90 Å². The fourth-order valence-corrected chi connectivity index (χ4v) is 8.60. The number of ether oxygens (including phenoxy) is 1. The summed E-state index contributed by atoms with van der Waals surface area (Å²) in [6.07, 6.45) is 6.32. The van der Waals surface area contributed by atoms with Gasteiger partial charge in [-0.25, -0.2) is 14.8 Å². The molecule has 2 aliphatic heterocycles. The zero-order chi connectivity index (χ0) is 30.2. The number of nitrogens with one attached hydrogen (secondary N) is 2. The van der Waals surface area contributed by atoms with Gasteiger partial charge in [0.1, 0.15) is 17.5 Å². The fraction of sp³-hybridized carbons (Fsp3) is 0.432. The van der Waals surface area contributed by atoms with E-state index in [1.54, 1.807) is 0 Å². The first-order valence-corrected chi connectivity index (χ1v) is 16.8. The number of amides is 1. The molecular formula is C37H39N6O2+. The van der Waals surface area contributed by atoms with Crippen LogP contribution in [0.3, 0.4) is 0 Å². The number of nitrogens with zero attached hydrogens (tertiary/aromatic N) is 3. The first-order chi connectivity index (χ1) is 21.8. The maximum absolute atomic E-state index is 13.2. The van der Waals surface area contributed by atoms with Crippen molar-refractivity contribution < 1.29 is 14.8 Å². The standard InChI is InChI=1S/C37H38N6O2/c1-37(2,3)45-36(44)43-30-16-23(30)17-31(43)35-40-27-11-7-21-13-19(5-9-25(21)33(27)42-35)18-4-8-24-20(12-18)6-10-26-32(24)41-34(39-26)29-15-22-14-28(22)38-29/h4-6,8-10,12-13,22-23,28-31,38H,7,11,14-17H2,1-3H3,(H,39,41)(H,40,42)/p+1. The molecule has 0 bridgehead atoms. The van der Waals surface area contributed by atoms with Crippen molar-refractivity contribution in [3.63, 3.8) is 0 Å². The molecule has 5 aromatic rings. The molecule has 5 aliphatic rings. The minimum absolute atomic E-state index is 0.0477. The van der Waals surface area contributed by atoms with Crippen LogP contribution < -0.4 is 5.32 Å². The van der Waals surface area contributed by atoms with Crippen molar-refractivity contribution >= 4 is 27.9 Å². The van der Waals surface area contributed by atoms with Gasteiger partial charge in [-0.15, -0.1) is 0 Å². The third kappa shape index (κ3) is 4.18. The van der Waals surface area contributed by atoms with E-state index in [0.29, 0.717) is 12.0 Å². The zero-order valence-electron chi connectivity index (χ0n) is 26.1. The van der Waals surface area contributed by atoms with Crippen LogP contribution in [-0.2, 0) is 17.6 Å². The van der Waals surface area contributed by atoms with Crippen molar-refractivity contribution in [1.82, 2.24) is 24.8 Å². The van der Waals surface area contributed by atoms with Crippen LogP contribution in [0, 0.1) is 11.8 Å². The lowest BCUT2D eigenvalue weighted by atomic mass is 9.89. The Hall–Kier alpha value is -4.17. The highest BCUT2D eigenvalue weighted by Crippen LogP contribution is 2.54. The van der Waals surface area contributed by atoms with Crippen LogP contribution in [0.1, 0.15) is 81.4 Å². The van der Waals surface area contributed by atoms with Gasteiger partial charge in [-0.1, -0.05) is 36.4 Å². The Bertz CT molecular complexity index is 2040.